The summed E-state index contributed by atoms with van der Waals surface area (Å²) in [5, 5.41) is 7.58. The van der Waals surface area contributed by atoms with Gasteiger partial charge in [-0.2, -0.15) is 13.2 Å². The Kier molecular flexibility index (Phi) is 6.83. The van der Waals surface area contributed by atoms with Gasteiger partial charge in [-0.15, -0.1) is 12.4 Å². The van der Waals surface area contributed by atoms with Crippen molar-refractivity contribution in [3.63, 3.8) is 0 Å². The standard InChI is InChI=1S/C14H16F3N3O2.ClH/c15-14(16,17)8-19-12(21)9-1-3-11(4-2-9)20-13(22)10-5-6-18-7-10;/h1-4,10,18H,5-8H2,(H,19,21)(H,20,22);1H. The van der Waals surface area contributed by atoms with E-state index in [0.717, 1.165) is 13.0 Å². The van der Waals surface area contributed by atoms with Crippen LogP contribution >= 0.6 is 12.4 Å². The molecule has 23 heavy (non-hydrogen) atoms. The molecule has 1 heterocycles. The summed E-state index contributed by atoms with van der Waals surface area (Å²) in [6.45, 7) is 0.0547. The molecule has 0 saturated carbocycles. The molecule has 128 valence electrons. The predicted octanol–water partition coefficient (Wildman–Crippen LogP) is 1.95. The van der Waals surface area contributed by atoms with Crippen LogP contribution in [0.4, 0.5) is 18.9 Å². The molecule has 1 aromatic carbocycles. The van der Waals surface area contributed by atoms with Gasteiger partial charge in [0.2, 0.25) is 5.91 Å². The van der Waals surface area contributed by atoms with Crippen LogP contribution in [0.5, 0.6) is 0 Å². The average molecular weight is 352 g/mol. The number of hydrogen-bond acceptors (Lipinski definition) is 3. The molecule has 2 rings (SSSR count). The zero-order valence-corrected chi connectivity index (χ0v) is 12.9. The molecule has 5 nitrogen and oxygen atoms in total. The van der Waals surface area contributed by atoms with E-state index in [2.05, 4.69) is 10.6 Å². The lowest BCUT2D eigenvalue weighted by molar-refractivity contribution is -0.123. The van der Waals surface area contributed by atoms with Crippen molar-refractivity contribution in [2.24, 2.45) is 5.92 Å². The highest BCUT2D eigenvalue weighted by atomic mass is 35.5. The SMILES string of the molecule is Cl.O=C(NCC(F)(F)F)c1ccc(NC(=O)C2CCNC2)cc1. The van der Waals surface area contributed by atoms with Gasteiger partial charge >= 0.3 is 6.18 Å². The molecule has 2 amide bonds. The number of anilines is 1. The first-order valence-electron chi connectivity index (χ1n) is 6.82. The number of hydrogen-bond donors (Lipinski definition) is 3. The number of carbonyl (C=O) groups is 2. The molecule has 9 heteroatoms. The summed E-state index contributed by atoms with van der Waals surface area (Å²) < 4.78 is 36.1. The Morgan fingerprint density at radius 3 is 2.39 bits per heavy atom. The molecule has 1 fully saturated rings. The molecular weight excluding hydrogens is 335 g/mol. The second-order valence-corrected chi connectivity index (χ2v) is 5.05. The van der Waals surface area contributed by atoms with E-state index < -0.39 is 18.6 Å². The summed E-state index contributed by atoms with van der Waals surface area (Å²) in [6.07, 6.45) is -3.68. The molecule has 1 saturated heterocycles. The van der Waals surface area contributed by atoms with Gasteiger partial charge in [0, 0.05) is 17.8 Å². The van der Waals surface area contributed by atoms with Crippen molar-refractivity contribution < 1.29 is 22.8 Å². The Labute approximate surface area is 137 Å². The van der Waals surface area contributed by atoms with Gasteiger partial charge in [0.05, 0.1) is 5.92 Å². The summed E-state index contributed by atoms with van der Waals surface area (Å²) in [4.78, 5) is 23.4. The molecule has 0 bridgehead atoms. The Morgan fingerprint density at radius 2 is 1.87 bits per heavy atom. The maximum Gasteiger partial charge on any atom is 0.405 e. The van der Waals surface area contributed by atoms with Crippen molar-refractivity contribution in [3.8, 4) is 0 Å². The van der Waals surface area contributed by atoms with Gasteiger partial charge in [0.1, 0.15) is 6.54 Å². The van der Waals surface area contributed by atoms with Crippen molar-refractivity contribution in [2.45, 2.75) is 12.6 Å². The lowest BCUT2D eigenvalue weighted by atomic mass is 10.1. The monoisotopic (exact) mass is 351 g/mol. The minimum atomic E-state index is -4.45. The Morgan fingerprint density at radius 1 is 1.22 bits per heavy atom. The number of halogens is 4. The Bertz CT molecular complexity index is 543. The smallest absolute Gasteiger partial charge is 0.343 e. The highest BCUT2D eigenvalue weighted by Crippen LogP contribution is 2.15. The zero-order chi connectivity index (χ0) is 16.2. The molecule has 0 aliphatic carbocycles. The highest BCUT2D eigenvalue weighted by molar-refractivity contribution is 5.96. The largest absolute Gasteiger partial charge is 0.405 e. The second-order valence-electron chi connectivity index (χ2n) is 5.05. The molecule has 1 aliphatic rings. The number of amides is 2. The van der Waals surface area contributed by atoms with Crippen LogP contribution in [0.25, 0.3) is 0 Å². The molecular formula is C14H17ClF3N3O2. The van der Waals surface area contributed by atoms with Gasteiger partial charge < -0.3 is 16.0 Å². The molecule has 1 unspecified atom stereocenters. The number of rotatable bonds is 4. The lowest BCUT2D eigenvalue weighted by Gasteiger charge is -2.11. The van der Waals surface area contributed by atoms with Crippen molar-refractivity contribution >= 4 is 29.9 Å². The van der Waals surface area contributed by atoms with Crippen LogP contribution in [0.3, 0.4) is 0 Å². The van der Waals surface area contributed by atoms with Crippen molar-refractivity contribution in [3.05, 3.63) is 29.8 Å². The number of alkyl halides is 3. The van der Waals surface area contributed by atoms with Crippen molar-refractivity contribution in [2.75, 3.05) is 25.0 Å². The second kappa shape index (κ2) is 8.16. The van der Waals surface area contributed by atoms with Crippen LogP contribution in [0, 0.1) is 5.92 Å². The summed E-state index contributed by atoms with van der Waals surface area (Å²) in [5.74, 6) is -1.01. The van der Waals surface area contributed by atoms with E-state index in [-0.39, 0.29) is 29.8 Å². The van der Waals surface area contributed by atoms with Gasteiger partial charge in [-0.3, -0.25) is 9.59 Å². The summed E-state index contributed by atoms with van der Waals surface area (Å²) in [5.41, 5.74) is 0.606. The maximum absolute atomic E-state index is 12.0. The fourth-order valence-electron chi connectivity index (χ4n) is 2.11. The third-order valence-electron chi connectivity index (χ3n) is 3.30. The zero-order valence-electron chi connectivity index (χ0n) is 12.1. The fraction of sp³-hybridized carbons (Fsp3) is 0.429. The molecule has 1 aliphatic heterocycles. The van der Waals surface area contributed by atoms with E-state index in [1.165, 1.54) is 24.3 Å². The summed E-state index contributed by atoms with van der Waals surface area (Å²) in [7, 11) is 0. The molecule has 0 radical (unpaired) electrons. The minimum Gasteiger partial charge on any atom is -0.343 e. The average Bonchev–Trinajstić information content (AvgIpc) is 2.99. The quantitative estimate of drug-likeness (QED) is 0.776. The van der Waals surface area contributed by atoms with E-state index in [0.29, 0.717) is 12.2 Å². The van der Waals surface area contributed by atoms with Gasteiger partial charge in [0.25, 0.3) is 5.91 Å². The van der Waals surface area contributed by atoms with Crippen LogP contribution in [-0.2, 0) is 4.79 Å². The van der Waals surface area contributed by atoms with Crippen molar-refractivity contribution in [1.82, 2.24) is 10.6 Å². The van der Waals surface area contributed by atoms with Gasteiger partial charge in [-0.05, 0) is 37.2 Å². The maximum atomic E-state index is 12.0. The first kappa shape index (κ1) is 19.2. The molecule has 3 N–H and O–H groups in total. The van der Waals surface area contributed by atoms with E-state index >= 15 is 0 Å². The Hall–Kier alpha value is -1.80. The summed E-state index contributed by atoms with van der Waals surface area (Å²) in [6, 6.07) is 5.72. The molecule has 0 aromatic heterocycles. The van der Waals surface area contributed by atoms with E-state index in [4.69, 9.17) is 0 Å². The van der Waals surface area contributed by atoms with E-state index in [9.17, 15) is 22.8 Å². The third kappa shape index (κ3) is 6.07. The molecule has 0 spiro atoms. The first-order chi connectivity index (χ1) is 10.3. The Balaban J connectivity index is 0.00000264. The van der Waals surface area contributed by atoms with E-state index in [1.54, 1.807) is 5.32 Å². The van der Waals surface area contributed by atoms with Crippen LogP contribution in [-0.4, -0.2) is 37.6 Å². The van der Waals surface area contributed by atoms with Crippen molar-refractivity contribution in [1.29, 1.82) is 0 Å². The lowest BCUT2D eigenvalue weighted by Crippen LogP contribution is -2.33. The van der Waals surface area contributed by atoms with Gasteiger partial charge in [-0.25, -0.2) is 0 Å². The van der Waals surface area contributed by atoms with E-state index in [1.807, 2.05) is 0 Å². The first-order valence-corrected chi connectivity index (χ1v) is 6.82. The fourth-order valence-corrected chi connectivity index (χ4v) is 2.11. The number of carbonyl (C=O) groups excluding carboxylic acids is 2. The third-order valence-corrected chi connectivity index (χ3v) is 3.30. The van der Waals surface area contributed by atoms with Crippen LogP contribution in [0.15, 0.2) is 24.3 Å². The number of nitrogens with one attached hydrogen (secondary N) is 3. The van der Waals surface area contributed by atoms with Crippen LogP contribution in [0.2, 0.25) is 0 Å². The van der Waals surface area contributed by atoms with Crippen LogP contribution in [0.1, 0.15) is 16.8 Å². The highest BCUT2D eigenvalue weighted by Gasteiger charge is 2.28. The predicted molar refractivity (Wildman–Crippen MR) is 81.7 cm³/mol. The molecule has 1 atom stereocenters. The minimum absolute atomic E-state index is 0. The van der Waals surface area contributed by atoms with Gasteiger partial charge in [-0.1, -0.05) is 0 Å². The van der Waals surface area contributed by atoms with Gasteiger partial charge in [0.15, 0.2) is 0 Å². The normalized spacial score (nSPS) is 17.3. The van der Waals surface area contributed by atoms with Crippen LogP contribution < -0.4 is 16.0 Å². The topological polar surface area (TPSA) is 70.2 Å². The number of benzene rings is 1. The molecule has 1 aromatic rings. The summed E-state index contributed by atoms with van der Waals surface area (Å²) >= 11 is 0.